The fourth-order valence-electron chi connectivity index (χ4n) is 4.63. The van der Waals surface area contributed by atoms with Gasteiger partial charge in [-0.2, -0.15) is 15.3 Å². The molecule has 5 rings (SSSR count). The van der Waals surface area contributed by atoms with Crippen molar-refractivity contribution in [2.24, 2.45) is 10.2 Å². The lowest BCUT2D eigenvalue weighted by Crippen LogP contribution is -2.39. The highest BCUT2D eigenvalue weighted by molar-refractivity contribution is 7.99. The van der Waals surface area contributed by atoms with Gasteiger partial charge in [0.2, 0.25) is 0 Å². The highest BCUT2D eigenvalue weighted by Gasteiger charge is 2.29. The maximum Gasteiger partial charge on any atom is 0.259 e. The van der Waals surface area contributed by atoms with Crippen molar-refractivity contribution in [2.45, 2.75) is 44.3 Å². The Balaban J connectivity index is 1.38. The minimum absolute atomic E-state index is 0.338. The summed E-state index contributed by atoms with van der Waals surface area (Å²) in [5.41, 5.74) is 5.59. The number of hydrogen-bond acceptors (Lipinski definition) is 8. The third-order valence-electron chi connectivity index (χ3n) is 6.37. The Morgan fingerprint density at radius 1 is 1.12 bits per heavy atom. The van der Waals surface area contributed by atoms with Gasteiger partial charge in [-0.3, -0.25) is 20.0 Å². The fourth-order valence-corrected chi connectivity index (χ4v) is 5.35. The molecule has 0 fully saturated rings. The Hall–Kier alpha value is -3.53. The molecule has 2 atom stereocenters. The standard InChI is InChI=1S/C24H25N7O2S/c1-13-8-15(3)31(6-7-34-24-25-12-26-30-24)21-9-14(2)20(11-18(13)21)29-28-16-4-5-17-19(10-16)23(33)27-22(17)32/h4-5,9-13,15H,6-8H2,1-3H3,(H,25,26,30)(H,27,32,33). The quantitative estimate of drug-likeness (QED) is 0.297. The number of H-pyrrole nitrogens is 1. The van der Waals surface area contributed by atoms with E-state index in [9.17, 15) is 9.59 Å². The first-order valence-electron chi connectivity index (χ1n) is 11.2. The molecule has 0 spiro atoms. The Bertz CT molecular complexity index is 1290. The van der Waals surface area contributed by atoms with Gasteiger partial charge in [0.1, 0.15) is 6.33 Å². The molecule has 0 saturated heterocycles. The van der Waals surface area contributed by atoms with Crippen LogP contribution in [0.5, 0.6) is 0 Å². The summed E-state index contributed by atoms with van der Waals surface area (Å²) in [6.45, 7) is 7.47. The van der Waals surface area contributed by atoms with Crippen LogP contribution in [0, 0.1) is 6.92 Å². The van der Waals surface area contributed by atoms with Crippen LogP contribution in [0.15, 0.2) is 52.0 Å². The van der Waals surface area contributed by atoms with Crippen molar-refractivity contribution in [2.75, 3.05) is 17.2 Å². The van der Waals surface area contributed by atoms with Crippen molar-refractivity contribution in [3.63, 3.8) is 0 Å². The van der Waals surface area contributed by atoms with E-state index in [-0.39, 0.29) is 5.91 Å². The van der Waals surface area contributed by atoms with Crippen LogP contribution in [0.2, 0.25) is 0 Å². The van der Waals surface area contributed by atoms with Gasteiger partial charge in [-0.15, -0.1) is 0 Å². The van der Waals surface area contributed by atoms with Crippen LogP contribution in [-0.2, 0) is 0 Å². The molecule has 0 aliphatic carbocycles. The molecule has 2 aromatic carbocycles. The highest BCUT2D eigenvalue weighted by atomic mass is 32.2. The van der Waals surface area contributed by atoms with Gasteiger partial charge in [-0.25, -0.2) is 4.98 Å². The lowest BCUT2D eigenvalue weighted by atomic mass is 9.86. The van der Waals surface area contributed by atoms with Gasteiger partial charge in [0.05, 0.1) is 22.5 Å². The molecule has 34 heavy (non-hydrogen) atoms. The average Bonchev–Trinajstić information content (AvgIpc) is 3.42. The van der Waals surface area contributed by atoms with Gasteiger partial charge in [-0.05, 0) is 67.6 Å². The summed E-state index contributed by atoms with van der Waals surface area (Å²) in [4.78, 5) is 30.3. The van der Waals surface area contributed by atoms with Crippen LogP contribution in [-0.4, -0.2) is 45.3 Å². The average molecular weight is 476 g/mol. The number of nitrogens with zero attached hydrogens (tertiary/aromatic N) is 5. The summed E-state index contributed by atoms with van der Waals surface area (Å²) in [5, 5.41) is 18.8. The van der Waals surface area contributed by atoms with E-state index >= 15 is 0 Å². The summed E-state index contributed by atoms with van der Waals surface area (Å²) in [5.74, 6) is 0.544. The number of amides is 2. The van der Waals surface area contributed by atoms with E-state index in [1.54, 1.807) is 30.0 Å². The molecule has 2 aliphatic rings. The zero-order valence-electron chi connectivity index (χ0n) is 19.2. The second-order valence-corrected chi connectivity index (χ2v) is 9.81. The van der Waals surface area contributed by atoms with Crippen molar-refractivity contribution in [3.8, 4) is 0 Å². The van der Waals surface area contributed by atoms with Gasteiger partial charge in [0.25, 0.3) is 11.8 Å². The fraction of sp³-hybridized carbons (Fsp3) is 0.333. The molecule has 2 unspecified atom stereocenters. The molecule has 9 nitrogen and oxygen atoms in total. The zero-order chi connectivity index (χ0) is 23.8. The van der Waals surface area contributed by atoms with Crippen molar-refractivity contribution in [1.82, 2.24) is 20.5 Å². The first-order valence-corrected chi connectivity index (χ1v) is 12.2. The van der Waals surface area contributed by atoms with E-state index in [2.05, 4.69) is 61.6 Å². The van der Waals surface area contributed by atoms with Crippen LogP contribution in [0.25, 0.3) is 0 Å². The lowest BCUT2D eigenvalue weighted by molar-refractivity contribution is 0.0879. The van der Waals surface area contributed by atoms with Crippen LogP contribution in [0.3, 0.4) is 0 Å². The minimum atomic E-state index is -0.397. The molecule has 2 N–H and O–H groups in total. The number of carbonyl (C=O) groups is 2. The molecule has 10 heteroatoms. The normalized spacial score (nSPS) is 19.4. The molecule has 3 heterocycles. The minimum Gasteiger partial charge on any atom is -0.368 e. The summed E-state index contributed by atoms with van der Waals surface area (Å²) >= 11 is 1.67. The van der Waals surface area contributed by atoms with Crippen molar-refractivity contribution in [1.29, 1.82) is 0 Å². The number of azo groups is 1. The molecule has 2 aliphatic heterocycles. The predicted molar refractivity (Wildman–Crippen MR) is 131 cm³/mol. The van der Waals surface area contributed by atoms with Crippen molar-refractivity contribution >= 4 is 40.6 Å². The second-order valence-electron chi connectivity index (χ2n) is 8.73. The topological polar surface area (TPSA) is 116 Å². The van der Waals surface area contributed by atoms with Crippen LogP contribution in [0.4, 0.5) is 17.1 Å². The van der Waals surface area contributed by atoms with E-state index in [4.69, 9.17) is 0 Å². The molecule has 0 saturated carbocycles. The maximum atomic E-state index is 11.9. The molecule has 0 radical (unpaired) electrons. The third-order valence-corrected chi connectivity index (χ3v) is 7.23. The third kappa shape index (κ3) is 4.21. The molecule has 174 valence electrons. The molecule has 1 aromatic heterocycles. The van der Waals surface area contributed by atoms with Crippen molar-refractivity contribution < 1.29 is 9.59 Å². The molecule has 0 bridgehead atoms. The van der Waals surface area contributed by atoms with Gasteiger partial charge < -0.3 is 4.90 Å². The first-order chi connectivity index (χ1) is 16.4. The number of rotatable bonds is 6. The SMILES string of the molecule is Cc1cc2c(cc1N=Nc1ccc3c(c1)C(=O)NC3=O)C(C)CC(C)N2CCSc1ncn[nH]1. The van der Waals surface area contributed by atoms with Crippen LogP contribution >= 0.6 is 11.8 Å². The molecular formula is C24H25N7O2S. The number of imide groups is 1. The summed E-state index contributed by atoms with van der Waals surface area (Å²) in [6, 6.07) is 9.68. The maximum absolute atomic E-state index is 11.9. The van der Waals surface area contributed by atoms with Gasteiger partial charge in [-0.1, -0.05) is 18.7 Å². The number of aromatic nitrogens is 3. The van der Waals surface area contributed by atoms with E-state index in [1.165, 1.54) is 17.6 Å². The Kier molecular flexibility index (Phi) is 5.91. The Morgan fingerprint density at radius 2 is 1.94 bits per heavy atom. The van der Waals surface area contributed by atoms with Gasteiger partial charge in [0, 0.05) is 24.0 Å². The second kappa shape index (κ2) is 9.02. The summed E-state index contributed by atoms with van der Waals surface area (Å²) < 4.78 is 0. The zero-order valence-corrected chi connectivity index (χ0v) is 20.0. The number of fused-ring (bicyclic) bond motifs is 2. The van der Waals surface area contributed by atoms with E-state index < -0.39 is 5.91 Å². The Labute approximate surface area is 201 Å². The van der Waals surface area contributed by atoms with Crippen molar-refractivity contribution in [3.05, 3.63) is 58.9 Å². The van der Waals surface area contributed by atoms with E-state index in [0.717, 1.165) is 35.1 Å². The predicted octanol–water partition coefficient (Wildman–Crippen LogP) is 4.91. The number of nitrogens with one attached hydrogen (secondary N) is 2. The van der Waals surface area contributed by atoms with Crippen LogP contribution < -0.4 is 10.2 Å². The smallest absolute Gasteiger partial charge is 0.259 e. The van der Waals surface area contributed by atoms with Crippen LogP contribution in [0.1, 0.15) is 58.0 Å². The lowest BCUT2D eigenvalue weighted by Gasteiger charge is -2.40. The molecule has 2 amide bonds. The molecular weight excluding hydrogens is 450 g/mol. The number of aromatic amines is 1. The monoisotopic (exact) mass is 475 g/mol. The number of carbonyl (C=O) groups excluding carboxylic acids is 2. The van der Waals surface area contributed by atoms with Gasteiger partial charge in [0.15, 0.2) is 5.16 Å². The highest BCUT2D eigenvalue weighted by Crippen LogP contribution is 2.42. The Morgan fingerprint density at radius 3 is 2.74 bits per heavy atom. The van der Waals surface area contributed by atoms with E-state index in [1.807, 2.05) is 6.92 Å². The number of hydrogen-bond donors (Lipinski definition) is 2. The number of thioether (sulfide) groups is 1. The summed E-state index contributed by atoms with van der Waals surface area (Å²) in [7, 11) is 0. The summed E-state index contributed by atoms with van der Waals surface area (Å²) in [6.07, 6.45) is 2.59. The van der Waals surface area contributed by atoms with E-state index in [0.29, 0.717) is 28.8 Å². The number of aryl methyl sites for hydroxylation is 1. The largest absolute Gasteiger partial charge is 0.368 e. The number of anilines is 1. The number of benzene rings is 2. The first kappa shape index (κ1) is 22.3. The van der Waals surface area contributed by atoms with Gasteiger partial charge >= 0.3 is 0 Å². The molecule has 3 aromatic rings.